The van der Waals surface area contributed by atoms with Crippen LogP contribution in [0.1, 0.15) is 0 Å². The Balaban J connectivity index is 1.07. The lowest BCUT2D eigenvalue weighted by molar-refractivity contribution is 0.669. The Labute approximate surface area is 335 Å². The first-order chi connectivity index (χ1) is 28.7. The minimum absolute atomic E-state index is 0.907. The van der Waals surface area contributed by atoms with Crippen molar-refractivity contribution in [3.8, 4) is 50.2 Å². The smallest absolute Gasteiger partial charge is 0.135 e. The highest BCUT2D eigenvalue weighted by Crippen LogP contribution is 2.42. The van der Waals surface area contributed by atoms with Gasteiger partial charge in [0.2, 0.25) is 0 Å². The zero-order valence-electron chi connectivity index (χ0n) is 31.6. The van der Waals surface area contributed by atoms with Gasteiger partial charge in [0.25, 0.3) is 0 Å². The SMILES string of the molecule is c1cc(-c2ccc3oc4ccccc4c3c2)cc(-c2ccccc2-n2c3ccc(-c4cccc5ccccc45)cc3c3cc(-c4cccc5ccccc45)ccc32)c1. The van der Waals surface area contributed by atoms with Crippen LogP contribution in [0.5, 0.6) is 0 Å². The van der Waals surface area contributed by atoms with Crippen LogP contribution < -0.4 is 0 Å². The van der Waals surface area contributed by atoms with E-state index in [2.05, 4.69) is 205 Å². The summed E-state index contributed by atoms with van der Waals surface area (Å²) in [5.74, 6) is 0. The molecule has 0 aliphatic rings. The van der Waals surface area contributed by atoms with Gasteiger partial charge in [-0.15, -0.1) is 0 Å². The number of hydrogen-bond donors (Lipinski definition) is 0. The van der Waals surface area contributed by atoms with Crippen LogP contribution in [0.25, 0.3) is 115 Å². The van der Waals surface area contributed by atoms with E-state index in [0.29, 0.717) is 0 Å². The van der Waals surface area contributed by atoms with Crippen molar-refractivity contribution in [3.63, 3.8) is 0 Å². The predicted octanol–water partition coefficient (Wildman–Crippen LogP) is 15.7. The molecule has 0 atom stereocenters. The number of hydrogen-bond acceptors (Lipinski definition) is 1. The molecule has 0 fully saturated rings. The predicted molar refractivity (Wildman–Crippen MR) is 245 cm³/mol. The summed E-state index contributed by atoms with van der Waals surface area (Å²) in [6.45, 7) is 0. The van der Waals surface area contributed by atoms with Crippen LogP contribution in [-0.4, -0.2) is 4.57 Å². The maximum absolute atomic E-state index is 6.16. The molecule has 0 N–H and O–H groups in total. The van der Waals surface area contributed by atoms with E-state index in [4.69, 9.17) is 4.42 Å². The number of fused-ring (bicyclic) bond motifs is 8. The molecule has 2 heteroatoms. The highest BCUT2D eigenvalue weighted by Gasteiger charge is 2.19. The zero-order chi connectivity index (χ0) is 38.2. The first-order valence-corrected chi connectivity index (χ1v) is 19.9. The van der Waals surface area contributed by atoms with Gasteiger partial charge >= 0.3 is 0 Å². The molecule has 2 heterocycles. The maximum Gasteiger partial charge on any atom is 0.135 e. The summed E-state index contributed by atoms with van der Waals surface area (Å²) < 4.78 is 8.63. The molecule has 0 unspecified atom stereocenters. The van der Waals surface area contributed by atoms with Crippen LogP contribution in [-0.2, 0) is 0 Å². The fraction of sp³-hybridized carbons (Fsp3) is 0. The molecule has 2 nitrogen and oxygen atoms in total. The van der Waals surface area contributed by atoms with E-state index in [9.17, 15) is 0 Å². The van der Waals surface area contributed by atoms with Gasteiger partial charge in [-0.2, -0.15) is 0 Å². The van der Waals surface area contributed by atoms with Gasteiger partial charge in [-0.3, -0.25) is 0 Å². The summed E-state index contributed by atoms with van der Waals surface area (Å²) in [5.41, 5.74) is 14.9. The molecule has 0 radical (unpaired) electrons. The lowest BCUT2D eigenvalue weighted by Gasteiger charge is -2.15. The van der Waals surface area contributed by atoms with Crippen molar-refractivity contribution in [2.24, 2.45) is 0 Å². The fourth-order valence-corrected chi connectivity index (χ4v) is 9.26. The molecule has 0 saturated heterocycles. The molecule has 12 aromatic rings. The summed E-state index contributed by atoms with van der Waals surface area (Å²) in [4.78, 5) is 0. The minimum Gasteiger partial charge on any atom is -0.456 e. The van der Waals surface area contributed by atoms with E-state index in [1.54, 1.807) is 0 Å². The van der Waals surface area contributed by atoms with Gasteiger partial charge in [0.05, 0.1) is 16.7 Å². The number of benzene rings is 10. The first kappa shape index (κ1) is 32.6. The Hall–Kier alpha value is -7.68. The van der Waals surface area contributed by atoms with Crippen LogP contribution >= 0.6 is 0 Å². The Morgan fingerprint density at radius 3 is 1.45 bits per heavy atom. The lowest BCUT2D eigenvalue weighted by Crippen LogP contribution is -1.97. The Kier molecular flexibility index (Phi) is 7.26. The quantitative estimate of drug-likeness (QED) is 0.172. The van der Waals surface area contributed by atoms with Gasteiger partial charge in [0.15, 0.2) is 0 Å². The monoisotopic (exact) mass is 737 g/mol. The van der Waals surface area contributed by atoms with E-state index in [1.165, 1.54) is 82.3 Å². The molecule has 0 aliphatic heterocycles. The van der Waals surface area contributed by atoms with Gasteiger partial charge in [-0.05, 0) is 115 Å². The Bertz CT molecular complexity index is 3440. The van der Waals surface area contributed by atoms with E-state index < -0.39 is 0 Å². The van der Waals surface area contributed by atoms with Crippen molar-refractivity contribution in [1.82, 2.24) is 4.57 Å². The van der Waals surface area contributed by atoms with Crippen molar-refractivity contribution in [2.75, 3.05) is 0 Å². The van der Waals surface area contributed by atoms with Crippen LogP contribution in [0.2, 0.25) is 0 Å². The second-order valence-electron chi connectivity index (χ2n) is 15.3. The fourth-order valence-electron chi connectivity index (χ4n) is 9.26. The van der Waals surface area contributed by atoms with E-state index >= 15 is 0 Å². The van der Waals surface area contributed by atoms with E-state index in [1.807, 2.05) is 12.1 Å². The number of rotatable bonds is 5. The minimum atomic E-state index is 0.907. The summed E-state index contributed by atoms with van der Waals surface area (Å²) in [7, 11) is 0. The third-order valence-electron chi connectivity index (χ3n) is 12.0. The van der Waals surface area contributed by atoms with Gasteiger partial charge < -0.3 is 8.98 Å². The topological polar surface area (TPSA) is 18.1 Å². The molecule has 10 aromatic carbocycles. The number of nitrogens with zero attached hydrogens (tertiary/aromatic N) is 1. The largest absolute Gasteiger partial charge is 0.456 e. The third kappa shape index (κ3) is 5.12. The zero-order valence-corrected chi connectivity index (χ0v) is 31.6. The van der Waals surface area contributed by atoms with Crippen LogP contribution in [0, 0.1) is 0 Å². The summed E-state index contributed by atoms with van der Waals surface area (Å²) >= 11 is 0. The van der Waals surface area contributed by atoms with Gasteiger partial charge in [-0.1, -0.05) is 158 Å². The number of para-hydroxylation sites is 2. The summed E-state index contributed by atoms with van der Waals surface area (Å²) in [5, 5.41) is 9.74. The highest BCUT2D eigenvalue weighted by atomic mass is 16.3. The van der Waals surface area contributed by atoms with E-state index in [0.717, 1.165) is 33.2 Å². The Morgan fingerprint density at radius 1 is 0.276 bits per heavy atom. The standard InChI is InChI=1S/C56H35NO/c1-3-18-43-36(12-1)14-10-22-45(43)41-26-29-53-49(34-41)50-35-42(46-23-11-15-37-13-2-4-19-44(37)46)27-30-54(50)57(53)52-24-7-5-20-47(52)40-17-9-16-38(32-40)39-28-31-56-51(33-39)48-21-6-8-25-55(48)58-56/h1-35H. The molecular weight excluding hydrogens is 703 g/mol. The highest BCUT2D eigenvalue weighted by molar-refractivity contribution is 6.14. The molecular formula is C56H35NO. The number of aromatic nitrogens is 1. The van der Waals surface area contributed by atoms with Crippen molar-refractivity contribution in [1.29, 1.82) is 0 Å². The third-order valence-corrected chi connectivity index (χ3v) is 12.0. The second kappa shape index (κ2) is 12.9. The van der Waals surface area contributed by atoms with Gasteiger partial charge in [0, 0.05) is 27.1 Å². The molecule has 12 rings (SSSR count). The summed E-state index contributed by atoms with van der Waals surface area (Å²) in [6, 6.07) is 77.2. The molecule has 0 saturated carbocycles. The normalized spacial score (nSPS) is 11.8. The lowest BCUT2D eigenvalue weighted by atomic mass is 9.95. The van der Waals surface area contributed by atoms with Crippen LogP contribution in [0.4, 0.5) is 0 Å². The molecule has 270 valence electrons. The van der Waals surface area contributed by atoms with Crippen molar-refractivity contribution in [3.05, 3.63) is 212 Å². The van der Waals surface area contributed by atoms with E-state index in [-0.39, 0.29) is 0 Å². The molecule has 0 spiro atoms. The average Bonchev–Trinajstić information content (AvgIpc) is 3.83. The molecule has 0 amide bonds. The van der Waals surface area contributed by atoms with Gasteiger partial charge in [-0.25, -0.2) is 0 Å². The second-order valence-corrected chi connectivity index (χ2v) is 15.3. The van der Waals surface area contributed by atoms with Crippen molar-refractivity contribution < 1.29 is 4.42 Å². The first-order valence-electron chi connectivity index (χ1n) is 19.9. The maximum atomic E-state index is 6.16. The van der Waals surface area contributed by atoms with Crippen LogP contribution in [0.15, 0.2) is 217 Å². The molecule has 58 heavy (non-hydrogen) atoms. The molecule has 0 aliphatic carbocycles. The Morgan fingerprint density at radius 2 is 0.741 bits per heavy atom. The summed E-state index contributed by atoms with van der Waals surface area (Å²) in [6.07, 6.45) is 0. The molecule has 2 aromatic heterocycles. The molecule has 0 bridgehead atoms. The number of furan rings is 1. The van der Waals surface area contributed by atoms with Gasteiger partial charge in [0.1, 0.15) is 11.2 Å². The average molecular weight is 738 g/mol. The van der Waals surface area contributed by atoms with Crippen molar-refractivity contribution >= 4 is 65.3 Å². The van der Waals surface area contributed by atoms with Crippen molar-refractivity contribution in [2.45, 2.75) is 0 Å². The van der Waals surface area contributed by atoms with Crippen LogP contribution in [0.3, 0.4) is 0 Å².